The summed E-state index contributed by atoms with van der Waals surface area (Å²) >= 11 is 0. The smallest absolute Gasteiger partial charge is 0.387 e. The van der Waals surface area contributed by atoms with Crippen LogP contribution in [-0.4, -0.2) is 17.6 Å². The lowest BCUT2D eigenvalue weighted by molar-refractivity contribution is -0.0504. The number of anilines is 1. The van der Waals surface area contributed by atoms with Gasteiger partial charge in [0.2, 0.25) is 0 Å². The predicted octanol–water partition coefficient (Wildman–Crippen LogP) is 3.00. The molecule has 0 atom stereocenters. The van der Waals surface area contributed by atoms with Crippen molar-refractivity contribution in [2.75, 3.05) is 5.32 Å². The van der Waals surface area contributed by atoms with Crippen molar-refractivity contribution < 1.29 is 18.3 Å². The predicted molar refractivity (Wildman–Crippen MR) is 73.2 cm³/mol. The van der Waals surface area contributed by atoms with Gasteiger partial charge in [-0.25, -0.2) is 4.79 Å². The van der Waals surface area contributed by atoms with Gasteiger partial charge < -0.3 is 15.4 Å². The Bertz CT molecular complexity index is 594. The molecule has 1 aromatic heterocycles. The summed E-state index contributed by atoms with van der Waals surface area (Å²) in [6, 6.07) is 9.09. The molecule has 0 radical (unpaired) electrons. The van der Waals surface area contributed by atoms with Crippen LogP contribution in [0.1, 0.15) is 5.56 Å². The van der Waals surface area contributed by atoms with Crippen molar-refractivity contribution in [1.82, 2.24) is 10.3 Å². The van der Waals surface area contributed by atoms with Gasteiger partial charge in [-0.2, -0.15) is 8.78 Å². The number of halogens is 2. The second-order valence-corrected chi connectivity index (χ2v) is 4.03. The van der Waals surface area contributed by atoms with E-state index in [2.05, 4.69) is 20.4 Å². The average molecular weight is 293 g/mol. The standard InChI is InChI=1S/C14H13F2N3O2/c15-13(16)21-12-4-2-1-3-10(12)9-18-14(20)19-11-5-7-17-8-6-11/h1-8,13H,9H2,(H2,17,18,19,20). The van der Waals surface area contributed by atoms with Crippen LogP contribution in [0.2, 0.25) is 0 Å². The van der Waals surface area contributed by atoms with E-state index in [4.69, 9.17) is 0 Å². The van der Waals surface area contributed by atoms with E-state index in [1.807, 2.05) is 0 Å². The van der Waals surface area contributed by atoms with Gasteiger partial charge in [0.1, 0.15) is 5.75 Å². The first-order valence-electron chi connectivity index (χ1n) is 6.13. The first-order chi connectivity index (χ1) is 10.1. The van der Waals surface area contributed by atoms with E-state index < -0.39 is 12.6 Å². The van der Waals surface area contributed by atoms with Crippen LogP contribution in [0.5, 0.6) is 5.75 Å². The molecule has 0 saturated carbocycles. The van der Waals surface area contributed by atoms with Gasteiger partial charge >= 0.3 is 12.6 Å². The second-order valence-electron chi connectivity index (χ2n) is 4.03. The first kappa shape index (κ1) is 14.7. The normalized spacial score (nSPS) is 10.2. The van der Waals surface area contributed by atoms with Gasteiger partial charge in [0.15, 0.2) is 0 Å². The summed E-state index contributed by atoms with van der Waals surface area (Å²) in [7, 11) is 0. The minimum absolute atomic E-state index is 0.0386. The molecule has 1 aromatic carbocycles. The zero-order chi connectivity index (χ0) is 15.1. The topological polar surface area (TPSA) is 63.2 Å². The number of benzene rings is 1. The van der Waals surface area contributed by atoms with E-state index in [1.54, 1.807) is 42.7 Å². The number of aromatic nitrogens is 1. The van der Waals surface area contributed by atoms with E-state index in [0.717, 1.165) is 0 Å². The number of alkyl halides is 2. The van der Waals surface area contributed by atoms with Gasteiger partial charge in [-0.05, 0) is 18.2 Å². The Morgan fingerprint density at radius 2 is 1.90 bits per heavy atom. The Balaban J connectivity index is 1.92. The number of para-hydroxylation sites is 1. The molecule has 0 unspecified atom stereocenters. The van der Waals surface area contributed by atoms with Crippen molar-refractivity contribution in [3.05, 3.63) is 54.4 Å². The maximum atomic E-state index is 12.3. The van der Waals surface area contributed by atoms with Crippen molar-refractivity contribution >= 4 is 11.7 Å². The number of urea groups is 1. The zero-order valence-electron chi connectivity index (χ0n) is 10.9. The molecule has 0 aliphatic rings. The minimum atomic E-state index is -2.91. The number of hydrogen-bond acceptors (Lipinski definition) is 3. The summed E-state index contributed by atoms with van der Waals surface area (Å²) in [5.74, 6) is 0.0386. The molecule has 7 heteroatoms. The quantitative estimate of drug-likeness (QED) is 0.890. The van der Waals surface area contributed by atoms with Crippen LogP contribution in [0, 0.1) is 0 Å². The Morgan fingerprint density at radius 1 is 1.19 bits per heavy atom. The molecule has 0 aliphatic heterocycles. The molecule has 0 bridgehead atoms. The van der Waals surface area contributed by atoms with E-state index in [-0.39, 0.29) is 12.3 Å². The van der Waals surface area contributed by atoms with Gasteiger partial charge in [0, 0.05) is 30.2 Å². The van der Waals surface area contributed by atoms with Gasteiger partial charge in [-0.3, -0.25) is 4.98 Å². The molecule has 5 nitrogen and oxygen atoms in total. The first-order valence-corrected chi connectivity index (χ1v) is 6.13. The molecular weight excluding hydrogens is 280 g/mol. The SMILES string of the molecule is O=C(NCc1ccccc1OC(F)F)Nc1ccncc1. The van der Waals surface area contributed by atoms with Crippen LogP contribution >= 0.6 is 0 Å². The highest BCUT2D eigenvalue weighted by atomic mass is 19.3. The van der Waals surface area contributed by atoms with Crippen LogP contribution < -0.4 is 15.4 Å². The van der Waals surface area contributed by atoms with Crippen LogP contribution in [-0.2, 0) is 6.54 Å². The monoisotopic (exact) mass is 293 g/mol. The maximum Gasteiger partial charge on any atom is 0.387 e. The molecular formula is C14H13F2N3O2. The van der Waals surface area contributed by atoms with Crippen molar-refractivity contribution in [1.29, 1.82) is 0 Å². The van der Waals surface area contributed by atoms with Crippen LogP contribution in [0.15, 0.2) is 48.8 Å². The summed E-state index contributed by atoms with van der Waals surface area (Å²) < 4.78 is 28.9. The number of rotatable bonds is 5. The summed E-state index contributed by atoms with van der Waals surface area (Å²) in [6.07, 6.45) is 3.09. The molecule has 1 heterocycles. The van der Waals surface area contributed by atoms with Crippen molar-refractivity contribution in [3.63, 3.8) is 0 Å². The third-order valence-electron chi connectivity index (χ3n) is 2.57. The fourth-order valence-corrected chi connectivity index (χ4v) is 1.65. The molecule has 0 saturated heterocycles. The van der Waals surface area contributed by atoms with Crippen molar-refractivity contribution in [2.24, 2.45) is 0 Å². The highest BCUT2D eigenvalue weighted by molar-refractivity contribution is 5.89. The highest BCUT2D eigenvalue weighted by Gasteiger charge is 2.10. The van der Waals surface area contributed by atoms with Gasteiger partial charge in [-0.1, -0.05) is 18.2 Å². The number of nitrogens with zero attached hydrogens (tertiary/aromatic N) is 1. The number of nitrogens with one attached hydrogen (secondary N) is 2. The highest BCUT2D eigenvalue weighted by Crippen LogP contribution is 2.19. The molecule has 0 spiro atoms. The Kier molecular flexibility index (Phi) is 5.03. The third kappa shape index (κ3) is 4.72. The molecule has 2 amide bonds. The van der Waals surface area contributed by atoms with E-state index in [9.17, 15) is 13.6 Å². The summed E-state index contributed by atoms with van der Waals surface area (Å²) in [5.41, 5.74) is 1.04. The van der Waals surface area contributed by atoms with E-state index >= 15 is 0 Å². The lowest BCUT2D eigenvalue weighted by Gasteiger charge is -2.11. The average Bonchev–Trinajstić information content (AvgIpc) is 2.47. The lowest BCUT2D eigenvalue weighted by Crippen LogP contribution is -2.28. The van der Waals surface area contributed by atoms with E-state index in [1.165, 1.54) is 6.07 Å². The Hall–Kier alpha value is -2.70. The number of carbonyl (C=O) groups excluding carboxylic acids is 1. The number of amides is 2. The second kappa shape index (κ2) is 7.18. The fourth-order valence-electron chi connectivity index (χ4n) is 1.65. The van der Waals surface area contributed by atoms with Gasteiger partial charge in [0.25, 0.3) is 0 Å². The van der Waals surface area contributed by atoms with Crippen LogP contribution in [0.25, 0.3) is 0 Å². The summed E-state index contributed by atoms with van der Waals surface area (Å²) in [5, 5.41) is 5.16. The molecule has 2 N–H and O–H groups in total. The third-order valence-corrected chi connectivity index (χ3v) is 2.57. The maximum absolute atomic E-state index is 12.3. The molecule has 0 fully saturated rings. The van der Waals surface area contributed by atoms with Gasteiger partial charge in [0.05, 0.1) is 0 Å². The largest absolute Gasteiger partial charge is 0.434 e. The van der Waals surface area contributed by atoms with E-state index in [0.29, 0.717) is 11.3 Å². The summed E-state index contributed by atoms with van der Waals surface area (Å²) in [4.78, 5) is 15.5. The van der Waals surface area contributed by atoms with Gasteiger partial charge in [-0.15, -0.1) is 0 Å². The number of ether oxygens (including phenoxy) is 1. The van der Waals surface area contributed by atoms with Crippen molar-refractivity contribution in [3.8, 4) is 5.75 Å². The van der Waals surface area contributed by atoms with Crippen molar-refractivity contribution in [2.45, 2.75) is 13.2 Å². The number of hydrogen-bond donors (Lipinski definition) is 2. The molecule has 2 rings (SSSR count). The van der Waals surface area contributed by atoms with Crippen LogP contribution in [0.4, 0.5) is 19.3 Å². The lowest BCUT2D eigenvalue weighted by atomic mass is 10.2. The molecule has 0 aliphatic carbocycles. The number of pyridine rings is 1. The Labute approximate surface area is 120 Å². The summed E-state index contributed by atoms with van der Waals surface area (Å²) in [6.45, 7) is -2.84. The molecule has 110 valence electrons. The Morgan fingerprint density at radius 3 is 2.62 bits per heavy atom. The molecule has 21 heavy (non-hydrogen) atoms. The fraction of sp³-hybridized carbons (Fsp3) is 0.143. The number of carbonyl (C=O) groups is 1. The van der Waals surface area contributed by atoms with Crippen LogP contribution in [0.3, 0.4) is 0 Å². The molecule has 2 aromatic rings. The minimum Gasteiger partial charge on any atom is -0.434 e. The zero-order valence-corrected chi connectivity index (χ0v) is 10.9.